The highest BCUT2D eigenvalue weighted by atomic mass is 16.4. The van der Waals surface area contributed by atoms with E-state index in [2.05, 4.69) is 17.0 Å². The lowest BCUT2D eigenvalue weighted by atomic mass is 10.1. The van der Waals surface area contributed by atoms with Crippen LogP contribution in [0.4, 0.5) is 0 Å². The minimum absolute atomic E-state index is 0.00432. The normalized spacial score (nSPS) is 15.1. The molecule has 2 aromatic rings. The second-order valence-corrected chi connectivity index (χ2v) is 7.04. The molecule has 1 aliphatic rings. The fourth-order valence-corrected chi connectivity index (χ4v) is 3.76. The Balaban J connectivity index is 1.61. The van der Waals surface area contributed by atoms with Crippen molar-refractivity contribution in [3.05, 3.63) is 58.9 Å². The third kappa shape index (κ3) is 4.39. The number of aryl methyl sites for hydroxylation is 2. The van der Waals surface area contributed by atoms with E-state index in [1.807, 2.05) is 40.8 Å². The van der Waals surface area contributed by atoms with Gasteiger partial charge < -0.3 is 14.6 Å². The van der Waals surface area contributed by atoms with Gasteiger partial charge >= 0.3 is 5.97 Å². The summed E-state index contributed by atoms with van der Waals surface area (Å²) in [6, 6.07) is 10.3. The van der Waals surface area contributed by atoms with Crippen molar-refractivity contribution in [2.45, 2.75) is 33.4 Å². The molecule has 1 aliphatic heterocycles. The number of carboxylic acid groups (broad SMARTS) is 1. The van der Waals surface area contributed by atoms with Crippen LogP contribution in [0.2, 0.25) is 0 Å². The highest BCUT2D eigenvalue weighted by molar-refractivity contribution is 5.93. The number of benzene rings is 1. The van der Waals surface area contributed by atoms with Crippen molar-refractivity contribution < 1.29 is 14.7 Å². The van der Waals surface area contributed by atoms with E-state index in [1.165, 1.54) is 5.56 Å². The average Bonchev–Trinajstić information content (AvgIpc) is 2.98. The molecule has 3 rings (SSSR count). The Morgan fingerprint density at radius 3 is 2.33 bits per heavy atom. The van der Waals surface area contributed by atoms with Crippen LogP contribution in [0.15, 0.2) is 36.5 Å². The summed E-state index contributed by atoms with van der Waals surface area (Å²) in [4.78, 5) is 28.6. The van der Waals surface area contributed by atoms with Crippen molar-refractivity contribution in [1.82, 2.24) is 14.4 Å². The maximum absolute atomic E-state index is 12.8. The number of amides is 1. The second kappa shape index (κ2) is 8.39. The van der Waals surface area contributed by atoms with Gasteiger partial charge in [-0.1, -0.05) is 30.3 Å². The minimum Gasteiger partial charge on any atom is -0.478 e. The van der Waals surface area contributed by atoms with Crippen LogP contribution in [0.1, 0.15) is 34.1 Å². The molecule has 6 nitrogen and oxygen atoms in total. The summed E-state index contributed by atoms with van der Waals surface area (Å²) in [5, 5.41) is 9.51. The molecule has 144 valence electrons. The first-order chi connectivity index (χ1) is 13.0. The molecular formula is C21H27N3O3. The van der Waals surface area contributed by atoms with Crippen LogP contribution < -0.4 is 0 Å². The molecule has 0 bridgehead atoms. The summed E-state index contributed by atoms with van der Waals surface area (Å²) in [6.07, 6.45) is 1.96. The summed E-state index contributed by atoms with van der Waals surface area (Å²) in [5.41, 5.74) is 2.87. The molecule has 1 aromatic carbocycles. The van der Waals surface area contributed by atoms with Crippen LogP contribution in [-0.4, -0.2) is 57.5 Å². The van der Waals surface area contributed by atoms with E-state index >= 15 is 0 Å². The monoisotopic (exact) mass is 369 g/mol. The van der Waals surface area contributed by atoms with Crippen molar-refractivity contribution in [2.24, 2.45) is 0 Å². The van der Waals surface area contributed by atoms with Crippen molar-refractivity contribution in [3.63, 3.8) is 0 Å². The molecule has 1 saturated heterocycles. The van der Waals surface area contributed by atoms with E-state index in [0.717, 1.165) is 19.6 Å². The molecule has 1 aromatic heterocycles. The van der Waals surface area contributed by atoms with Crippen LogP contribution in [0.3, 0.4) is 0 Å². The first kappa shape index (κ1) is 19.2. The Labute approximate surface area is 160 Å². The van der Waals surface area contributed by atoms with Crippen LogP contribution in [0.5, 0.6) is 0 Å². The number of hydrogen-bond donors (Lipinski definition) is 1. The number of hydrogen-bond acceptors (Lipinski definition) is 3. The molecule has 27 heavy (non-hydrogen) atoms. The third-order valence-corrected chi connectivity index (χ3v) is 5.23. The Bertz CT molecular complexity index is 806. The van der Waals surface area contributed by atoms with E-state index in [-0.39, 0.29) is 17.9 Å². The number of carbonyl (C=O) groups is 2. The fourth-order valence-electron chi connectivity index (χ4n) is 3.76. The van der Waals surface area contributed by atoms with Gasteiger partial charge in [0, 0.05) is 51.2 Å². The highest BCUT2D eigenvalue weighted by Crippen LogP contribution is 2.19. The molecule has 1 N–H and O–H groups in total. The smallest absolute Gasteiger partial charge is 0.337 e. The van der Waals surface area contributed by atoms with Gasteiger partial charge in [-0.3, -0.25) is 9.69 Å². The Morgan fingerprint density at radius 2 is 1.74 bits per heavy atom. The molecule has 0 spiro atoms. The topological polar surface area (TPSA) is 65.8 Å². The summed E-state index contributed by atoms with van der Waals surface area (Å²) in [7, 11) is 0. The minimum atomic E-state index is -0.963. The second-order valence-electron chi connectivity index (χ2n) is 7.04. The van der Waals surface area contributed by atoms with Gasteiger partial charge in [-0.25, -0.2) is 4.79 Å². The molecule has 0 atom stereocenters. The zero-order chi connectivity index (χ0) is 19.4. The number of aromatic nitrogens is 1. The molecule has 0 saturated carbocycles. The Kier molecular flexibility index (Phi) is 5.96. The maximum atomic E-state index is 12.8. The van der Waals surface area contributed by atoms with E-state index < -0.39 is 5.97 Å². The number of carbonyl (C=O) groups excluding carboxylic acids is 1. The van der Waals surface area contributed by atoms with Gasteiger partial charge in [0.2, 0.25) is 5.91 Å². The predicted octanol–water partition coefficient (Wildman–Crippen LogP) is 2.40. The van der Waals surface area contributed by atoms with Crippen molar-refractivity contribution >= 4 is 11.9 Å². The van der Waals surface area contributed by atoms with E-state index in [0.29, 0.717) is 30.9 Å². The van der Waals surface area contributed by atoms with Gasteiger partial charge in [0.05, 0.1) is 12.0 Å². The van der Waals surface area contributed by atoms with Crippen molar-refractivity contribution in [2.75, 3.05) is 26.2 Å². The molecule has 0 aliphatic carbocycles. The maximum Gasteiger partial charge on any atom is 0.337 e. The zero-order valence-electron chi connectivity index (χ0n) is 16.0. The number of aromatic carboxylic acids is 1. The van der Waals surface area contributed by atoms with Gasteiger partial charge in [-0.15, -0.1) is 0 Å². The fraction of sp³-hybridized carbons (Fsp3) is 0.429. The van der Waals surface area contributed by atoms with Gasteiger partial charge in [0.1, 0.15) is 0 Å². The summed E-state index contributed by atoms with van der Waals surface area (Å²) >= 11 is 0. The summed E-state index contributed by atoms with van der Waals surface area (Å²) in [6.45, 7) is 8.32. The lowest BCUT2D eigenvalue weighted by Crippen LogP contribution is -2.48. The highest BCUT2D eigenvalue weighted by Gasteiger charge is 2.25. The number of carboxylic acids is 1. The van der Waals surface area contributed by atoms with Crippen molar-refractivity contribution in [3.8, 4) is 0 Å². The van der Waals surface area contributed by atoms with Gasteiger partial charge in [0.15, 0.2) is 0 Å². The molecular weight excluding hydrogens is 342 g/mol. The summed E-state index contributed by atoms with van der Waals surface area (Å²) < 4.78 is 1.88. The Morgan fingerprint density at radius 1 is 1.07 bits per heavy atom. The largest absolute Gasteiger partial charge is 0.478 e. The van der Waals surface area contributed by atoms with Gasteiger partial charge in [-0.2, -0.15) is 0 Å². The van der Waals surface area contributed by atoms with Gasteiger partial charge in [-0.05, 0) is 25.0 Å². The molecule has 2 heterocycles. The zero-order valence-corrected chi connectivity index (χ0v) is 16.0. The number of rotatable bonds is 6. The van der Waals surface area contributed by atoms with Crippen LogP contribution in [0.25, 0.3) is 0 Å². The van der Waals surface area contributed by atoms with Crippen LogP contribution in [0, 0.1) is 6.92 Å². The quantitative estimate of drug-likeness (QED) is 0.849. The van der Waals surface area contributed by atoms with Gasteiger partial charge in [0.25, 0.3) is 0 Å². The lowest BCUT2D eigenvalue weighted by Gasteiger charge is -2.35. The molecule has 1 amide bonds. The van der Waals surface area contributed by atoms with Crippen LogP contribution in [-0.2, 0) is 24.3 Å². The number of piperazine rings is 1. The van der Waals surface area contributed by atoms with E-state index in [1.54, 1.807) is 6.92 Å². The molecule has 6 heteroatoms. The molecule has 0 unspecified atom stereocenters. The van der Waals surface area contributed by atoms with E-state index in [9.17, 15) is 14.7 Å². The molecule has 0 radical (unpaired) electrons. The van der Waals surface area contributed by atoms with Crippen molar-refractivity contribution in [1.29, 1.82) is 0 Å². The first-order valence-electron chi connectivity index (χ1n) is 9.45. The summed E-state index contributed by atoms with van der Waals surface area (Å²) in [5.74, 6) is -0.958. The first-order valence-corrected chi connectivity index (χ1v) is 9.45. The molecule has 1 fully saturated rings. The van der Waals surface area contributed by atoms with Crippen LogP contribution >= 0.6 is 0 Å². The standard InChI is InChI=1S/C21H27N3O3/c1-3-23-14-16(2)20(21(26)27)18(23)13-19(25)24-11-9-22(10-12-24)15-17-7-5-4-6-8-17/h4-8,14H,3,9-13,15H2,1-2H3,(H,26,27). The predicted molar refractivity (Wildman–Crippen MR) is 104 cm³/mol. The third-order valence-electron chi connectivity index (χ3n) is 5.23. The average molecular weight is 369 g/mol. The lowest BCUT2D eigenvalue weighted by molar-refractivity contribution is -0.132. The number of nitrogens with zero attached hydrogens (tertiary/aromatic N) is 3. The Hall–Kier alpha value is -2.60. The SMILES string of the molecule is CCn1cc(C)c(C(=O)O)c1CC(=O)N1CCN(Cc2ccccc2)CC1. The van der Waals surface area contributed by atoms with E-state index in [4.69, 9.17) is 0 Å².